The van der Waals surface area contributed by atoms with Gasteiger partial charge in [-0.1, -0.05) is 24.3 Å². The lowest BCUT2D eigenvalue weighted by atomic mass is 10.2. The summed E-state index contributed by atoms with van der Waals surface area (Å²) in [7, 11) is 1.66. The largest absolute Gasteiger partial charge is 0.494 e. The molecule has 2 N–H and O–H groups in total. The van der Waals surface area contributed by atoms with E-state index < -0.39 is 0 Å². The zero-order valence-corrected chi connectivity index (χ0v) is 15.7. The van der Waals surface area contributed by atoms with E-state index >= 15 is 0 Å². The Balaban J connectivity index is 1.55. The van der Waals surface area contributed by atoms with E-state index in [1.54, 1.807) is 7.11 Å². The molecule has 1 aliphatic rings. The third-order valence-electron chi connectivity index (χ3n) is 5.31. The summed E-state index contributed by atoms with van der Waals surface area (Å²) in [6.45, 7) is 2.86. The number of para-hydroxylation sites is 1. The average molecular weight is 374 g/mol. The minimum atomic E-state index is 0.283. The maximum atomic E-state index is 6.04. The molecule has 4 heterocycles. The summed E-state index contributed by atoms with van der Waals surface area (Å²) in [5.41, 5.74) is 9.64. The number of hydrogen-bond donors (Lipinski definition) is 1. The number of pyridine rings is 2. The molecule has 3 aromatic heterocycles. The predicted octanol–water partition coefficient (Wildman–Crippen LogP) is 2.49. The van der Waals surface area contributed by atoms with Crippen LogP contribution in [0.25, 0.3) is 28.1 Å². The summed E-state index contributed by atoms with van der Waals surface area (Å²) in [6.07, 6.45) is 3.16. The second-order valence-electron chi connectivity index (χ2n) is 7.30. The van der Waals surface area contributed by atoms with E-state index in [4.69, 9.17) is 15.5 Å². The van der Waals surface area contributed by atoms with Crippen LogP contribution in [0.2, 0.25) is 0 Å². The molecular formula is C21H22N6O. The van der Waals surface area contributed by atoms with E-state index in [-0.39, 0.29) is 6.04 Å². The van der Waals surface area contributed by atoms with E-state index in [2.05, 4.69) is 27.4 Å². The lowest BCUT2D eigenvalue weighted by Gasteiger charge is -2.15. The summed E-state index contributed by atoms with van der Waals surface area (Å²) in [5, 5.41) is 9.73. The Kier molecular flexibility index (Phi) is 4.18. The van der Waals surface area contributed by atoms with Crippen LogP contribution in [0.4, 0.5) is 0 Å². The van der Waals surface area contributed by atoms with Gasteiger partial charge in [0, 0.05) is 37.3 Å². The molecule has 1 atom stereocenters. The third-order valence-corrected chi connectivity index (χ3v) is 5.31. The Bertz CT molecular complexity index is 1150. The molecule has 7 heteroatoms. The van der Waals surface area contributed by atoms with Crippen molar-refractivity contribution in [3.05, 3.63) is 54.2 Å². The molecule has 5 rings (SSSR count). The van der Waals surface area contributed by atoms with Crippen molar-refractivity contribution in [1.82, 2.24) is 24.5 Å². The highest BCUT2D eigenvalue weighted by Crippen LogP contribution is 2.27. The van der Waals surface area contributed by atoms with Crippen molar-refractivity contribution < 1.29 is 4.74 Å². The molecule has 0 spiro atoms. The number of aromatic nitrogens is 4. The normalized spacial score (nSPS) is 17.6. The van der Waals surface area contributed by atoms with Crippen molar-refractivity contribution in [2.45, 2.75) is 19.0 Å². The van der Waals surface area contributed by atoms with Crippen LogP contribution >= 0.6 is 0 Å². The fraction of sp³-hybridized carbons (Fsp3) is 0.286. The van der Waals surface area contributed by atoms with Crippen molar-refractivity contribution >= 4 is 16.6 Å². The topological polar surface area (TPSA) is 81.6 Å². The minimum absolute atomic E-state index is 0.283. The zero-order chi connectivity index (χ0) is 19.1. The predicted molar refractivity (Wildman–Crippen MR) is 108 cm³/mol. The summed E-state index contributed by atoms with van der Waals surface area (Å²) in [6, 6.07) is 14.3. The molecule has 1 aliphatic heterocycles. The highest BCUT2D eigenvalue weighted by molar-refractivity contribution is 5.86. The van der Waals surface area contributed by atoms with Gasteiger partial charge in [0.1, 0.15) is 17.0 Å². The SMILES string of the molecule is COc1cccc2ccc(-c3nnc4ccc(CN5CCC(N)C5)cn34)nc12. The first kappa shape index (κ1) is 17.1. The molecule has 0 saturated carbocycles. The van der Waals surface area contributed by atoms with E-state index in [9.17, 15) is 0 Å². The van der Waals surface area contributed by atoms with Gasteiger partial charge in [0.15, 0.2) is 11.5 Å². The molecule has 0 aliphatic carbocycles. The van der Waals surface area contributed by atoms with Crippen molar-refractivity contribution in [2.75, 3.05) is 20.2 Å². The van der Waals surface area contributed by atoms with Gasteiger partial charge in [-0.05, 0) is 30.2 Å². The van der Waals surface area contributed by atoms with E-state index in [1.165, 1.54) is 5.56 Å². The Labute approximate surface area is 162 Å². The highest BCUT2D eigenvalue weighted by Gasteiger charge is 2.19. The monoisotopic (exact) mass is 374 g/mol. The molecule has 4 aromatic rings. The number of benzene rings is 1. The zero-order valence-electron chi connectivity index (χ0n) is 15.7. The Morgan fingerprint density at radius 3 is 2.89 bits per heavy atom. The molecule has 142 valence electrons. The number of likely N-dealkylation sites (tertiary alicyclic amines) is 1. The smallest absolute Gasteiger partial charge is 0.187 e. The molecule has 1 aromatic carbocycles. The van der Waals surface area contributed by atoms with Crippen LogP contribution in [0, 0.1) is 0 Å². The van der Waals surface area contributed by atoms with E-state index in [0.717, 1.165) is 59.9 Å². The molecule has 0 radical (unpaired) electrons. The quantitative estimate of drug-likeness (QED) is 0.591. The Morgan fingerprint density at radius 1 is 1.14 bits per heavy atom. The molecular weight excluding hydrogens is 352 g/mol. The lowest BCUT2D eigenvalue weighted by Crippen LogP contribution is -2.26. The van der Waals surface area contributed by atoms with Gasteiger partial charge < -0.3 is 10.5 Å². The maximum Gasteiger partial charge on any atom is 0.187 e. The number of rotatable bonds is 4. The molecule has 0 amide bonds. The van der Waals surface area contributed by atoms with Crippen LogP contribution in [0.1, 0.15) is 12.0 Å². The first-order valence-electron chi connectivity index (χ1n) is 9.47. The number of nitrogens with zero attached hydrogens (tertiary/aromatic N) is 5. The number of hydrogen-bond acceptors (Lipinski definition) is 6. The molecule has 28 heavy (non-hydrogen) atoms. The highest BCUT2D eigenvalue weighted by atomic mass is 16.5. The van der Waals surface area contributed by atoms with Crippen LogP contribution in [0.5, 0.6) is 5.75 Å². The van der Waals surface area contributed by atoms with Crippen LogP contribution in [-0.2, 0) is 6.54 Å². The maximum absolute atomic E-state index is 6.04. The van der Waals surface area contributed by atoms with Gasteiger partial charge in [-0.3, -0.25) is 9.30 Å². The summed E-state index contributed by atoms with van der Waals surface area (Å²) in [5.74, 6) is 1.47. The average Bonchev–Trinajstić information content (AvgIpc) is 3.32. The van der Waals surface area contributed by atoms with Gasteiger partial charge in [-0.25, -0.2) is 4.98 Å². The standard InChI is InChI=1S/C21H22N6O/c1-28-18-4-2-3-15-6-7-17(23-20(15)18)21-25-24-19-8-5-14(12-27(19)21)11-26-10-9-16(22)13-26/h2-8,12,16H,9-11,13,22H2,1H3. The lowest BCUT2D eigenvalue weighted by molar-refractivity contribution is 0.326. The molecule has 1 fully saturated rings. The molecule has 7 nitrogen and oxygen atoms in total. The first-order valence-corrected chi connectivity index (χ1v) is 9.47. The van der Waals surface area contributed by atoms with Crippen molar-refractivity contribution in [1.29, 1.82) is 0 Å². The van der Waals surface area contributed by atoms with Crippen LogP contribution in [0.15, 0.2) is 48.7 Å². The fourth-order valence-corrected chi connectivity index (χ4v) is 3.88. The first-order chi connectivity index (χ1) is 13.7. The fourth-order valence-electron chi connectivity index (χ4n) is 3.88. The Morgan fingerprint density at radius 2 is 2.07 bits per heavy atom. The van der Waals surface area contributed by atoms with E-state index in [0.29, 0.717) is 0 Å². The second-order valence-corrected chi connectivity index (χ2v) is 7.30. The number of ether oxygens (including phenoxy) is 1. The summed E-state index contributed by atoms with van der Waals surface area (Å²) < 4.78 is 7.48. The third kappa shape index (κ3) is 2.98. The molecule has 1 unspecified atom stereocenters. The Hall–Kier alpha value is -3.03. The van der Waals surface area contributed by atoms with Crippen molar-refractivity contribution in [3.8, 4) is 17.3 Å². The van der Waals surface area contributed by atoms with E-state index in [1.807, 2.05) is 40.8 Å². The minimum Gasteiger partial charge on any atom is -0.494 e. The number of nitrogens with two attached hydrogens (primary N) is 1. The van der Waals surface area contributed by atoms with Crippen LogP contribution in [-0.4, -0.2) is 50.7 Å². The summed E-state index contributed by atoms with van der Waals surface area (Å²) >= 11 is 0. The van der Waals surface area contributed by atoms with Crippen LogP contribution < -0.4 is 10.5 Å². The van der Waals surface area contributed by atoms with Crippen molar-refractivity contribution in [3.63, 3.8) is 0 Å². The van der Waals surface area contributed by atoms with Gasteiger partial charge in [-0.2, -0.15) is 0 Å². The number of fused-ring (bicyclic) bond motifs is 2. The van der Waals surface area contributed by atoms with Crippen molar-refractivity contribution in [2.24, 2.45) is 5.73 Å². The summed E-state index contributed by atoms with van der Waals surface area (Å²) in [4.78, 5) is 7.19. The van der Waals surface area contributed by atoms with Gasteiger partial charge in [0.25, 0.3) is 0 Å². The number of methoxy groups -OCH3 is 1. The van der Waals surface area contributed by atoms with Crippen LogP contribution in [0.3, 0.4) is 0 Å². The van der Waals surface area contributed by atoms with Gasteiger partial charge in [-0.15, -0.1) is 10.2 Å². The van der Waals surface area contributed by atoms with Gasteiger partial charge in [0.05, 0.1) is 7.11 Å². The molecule has 0 bridgehead atoms. The second kappa shape index (κ2) is 6.85. The van der Waals surface area contributed by atoms with Gasteiger partial charge >= 0.3 is 0 Å². The molecule has 1 saturated heterocycles. The van der Waals surface area contributed by atoms with Gasteiger partial charge in [0.2, 0.25) is 0 Å².